The Labute approximate surface area is 163 Å². The number of carboxylic acids is 1. The predicted molar refractivity (Wildman–Crippen MR) is 105 cm³/mol. The number of benzene rings is 2. The van der Waals surface area contributed by atoms with Crippen molar-refractivity contribution in [3.63, 3.8) is 0 Å². The molecule has 0 unspecified atom stereocenters. The maximum absolute atomic E-state index is 12.4. The number of ether oxygens (including phenoxy) is 3. The van der Waals surface area contributed by atoms with E-state index in [2.05, 4.69) is 4.72 Å². The van der Waals surface area contributed by atoms with E-state index in [1.165, 1.54) is 32.4 Å². The number of nitrogens with one attached hydrogen (secondary N) is 1. The summed E-state index contributed by atoms with van der Waals surface area (Å²) in [5.74, 6) is -0.961. The molecule has 150 valence electrons. The summed E-state index contributed by atoms with van der Waals surface area (Å²) in [5, 5.41) is 10.4. The Balaban J connectivity index is 2.34. The van der Waals surface area contributed by atoms with E-state index in [1.807, 2.05) is 6.07 Å². The second-order valence-corrected chi connectivity index (χ2v) is 7.12. The Morgan fingerprint density at radius 1 is 1.11 bits per heavy atom. The zero-order valence-electron chi connectivity index (χ0n) is 15.4. The molecule has 0 aliphatic heterocycles. The van der Waals surface area contributed by atoms with E-state index in [-0.39, 0.29) is 29.4 Å². The molecule has 2 aromatic carbocycles. The smallest absolute Gasteiger partial charge is 0.337 e. The lowest BCUT2D eigenvalue weighted by Gasteiger charge is -2.15. The molecule has 0 aliphatic rings. The Morgan fingerprint density at radius 2 is 1.82 bits per heavy atom. The van der Waals surface area contributed by atoms with Gasteiger partial charge in [-0.3, -0.25) is 4.72 Å². The highest BCUT2D eigenvalue weighted by molar-refractivity contribution is 7.95. The van der Waals surface area contributed by atoms with E-state index in [1.54, 1.807) is 24.3 Å². The summed E-state index contributed by atoms with van der Waals surface area (Å²) < 4.78 is 42.6. The van der Waals surface area contributed by atoms with Crippen LogP contribution in [-0.4, -0.2) is 46.9 Å². The quantitative estimate of drug-likeness (QED) is 0.583. The molecular formula is C19H21NO7S. The monoisotopic (exact) mass is 407 g/mol. The van der Waals surface area contributed by atoms with Gasteiger partial charge in [-0.05, 0) is 11.6 Å². The van der Waals surface area contributed by atoms with Gasteiger partial charge in [0.2, 0.25) is 0 Å². The van der Waals surface area contributed by atoms with Gasteiger partial charge >= 0.3 is 5.97 Å². The fourth-order valence-electron chi connectivity index (χ4n) is 2.25. The minimum atomic E-state index is -3.97. The van der Waals surface area contributed by atoms with Gasteiger partial charge in [0.15, 0.2) is 11.5 Å². The minimum Gasteiger partial charge on any atom is -0.493 e. The second kappa shape index (κ2) is 9.77. The van der Waals surface area contributed by atoms with Crippen LogP contribution in [0.2, 0.25) is 0 Å². The highest BCUT2D eigenvalue weighted by atomic mass is 32.2. The largest absolute Gasteiger partial charge is 0.493 e. The van der Waals surface area contributed by atoms with Crippen LogP contribution in [-0.2, 0) is 14.8 Å². The van der Waals surface area contributed by atoms with Crippen LogP contribution in [0, 0.1) is 0 Å². The lowest BCUT2D eigenvalue weighted by atomic mass is 10.1. The lowest BCUT2D eigenvalue weighted by molar-refractivity contribution is 0.0697. The normalized spacial score (nSPS) is 11.4. The summed E-state index contributed by atoms with van der Waals surface area (Å²) in [7, 11) is -1.10. The third kappa shape index (κ3) is 6.00. The molecule has 0 aromatic heterocycles. The summed E-state index contributed by atoms with van der Waals surface area (Å²) in [6.45, 7) is 0.476. The van der Waals surface area contributed by atoms with E-state index in [0.29, 0.717) is 12.2 Å². The van der Waals surface area contributed by atoms with E-state index >= 15 is 0 Å². The van der Waals surface area contributed by atoms with Gasteiger partial charge in [0.05, 0.1) is 30.4 Å². The highest BCUT2D eigenvalue weighted by Crippen LogP contribution is 2.34. The first kappa shape index (κ1) is 21.3. The number of sulfonamides is 1. The van der Waals surface area contributed by atoms with Gasteiger partial charge in [-0.25, -0.2) is 13.2 Å². The van der Waals surface area contributed by atoms with Gasteiger partial charge in [0, 0.05) is 19.2 Å². The van der Waals surface area contributed by atoms with Crippen molar-refractivity contribution < 1.29 is 32.5 Å². The van der Waals surface area contributed by atoms with Crippen molar-refractivity contribution in [1.29, 1.82) is 0 Å². The van der Waals surface area contributed by atoms with Crippen LogP contribution in [0.25, 0.3) is 6.08 Å². The van der Waals surface area contributed by atoms with Crippen molar-refractivity contribution in [2.45, 2.75) is 0 Å². The molecule has 2 rings (SSSR count). The molecular weight excluding hydrogens is 386 g/mol. The highest BCUT2D eigenvalue weighted by Gasteiger charge is 2.19. The number of aromatic carboxylic acids is 1. The number of rotatable bonds is 10. The maximum Gasteiger partial charge on any atom is 0.337 e. The molecule has 0 saturated heterocycles. The molecule has 2 N–H and O–H groups in total. The Hall–Kier alpha value is -3.04. The Bertz CT molecular complexity index is 940. The molecule has 2 aromatic rings. The summed E-state index contributed by atoms with van der Waals surface area (Å²) in [6, 6.07) is 11.3. The average Bonchev–Trinajstić information content (AvgIpc) is 2.67. The molecule has 0 spiro atoms. The van der Waals surface area contributed by atoms with Gasteiger partial charge in [-0.1, -0.05) is 30.3 Å². The molecule has 8 nitrogen and oxygen atoms in total. The van der Waals surface area contributed by atoms with Crippen LogP contribution in [0.15, 0.2) is 47.9 Å². The van der Waals surface area contributed by atoms with Gasteiger partial charge in [0.25, 0.3) is 10.0 Å². The van der Waals surface area contributed by atoms with Crippen LogP contribution < -0.4 is 14.2 Å². The molecule has 28 heavy (non-hydrogen) atoms. The minimum absolute atomic E-state index is 0.140. The van der Waals surface area contributed by atoms with E-state index in [4.69, 9.17) is 14.2 Å². The van der Waals surface area contributed by atoms with E-state index < -0.39 is 16.0 Å². The van der Waals surface area contributed by atoms with Crippen LogP contribution in [0.5, 0.6) is 11.5 Å². The van der Waals surface area contributed by atoms with Crippen molar-refractivity contribution in [2.75, 3.05) is 32.2 Å². The fourth-order valence-corrected chi connectivity index (χ4v) is 3.13. The molecule has 0 aliphatic carbocycles. The SMILES string of the molecule is COCCOc1cc(NS(=O)(=O)/C=C\c2ccccc2)c(C(=O)O)cc1OC. The summed E-state index contributed by atoms with van der Waals surface area (Å²) in [6.07, 6.45) is 1.41. The third-order valence-electron chi connectivity index (χ3n) is 3.57. The first-order valence-corrected chi connectivity index (χ1v) is 9.74. The Kier molecular flexibility index (Phi) is 7.42. The first-order chi connectivity index (χ1) is 13.4. The van der Waals surface area contributed by atoms with E-state index in [0.717, 1.165) is 5.41 Å². The van der Waals surface area contributed by atoms with Gasteiger partial charge < -0.3 is 19.3 Å². The molecule has 0 radical (unpaired) electrons. The lowest BCUT2D eigenvalue weighted by Crippen LogP contribution is -2.14. The van der Waals surface area contributed by atoms with Gasteiger partial charge in [-0.15, -0.1) is 0 Å². The van der Waals surface area contributed by atoms with Gasteiger partial charge in [-0.2, -0.15) is 0 Å². The van der Waals surface area contributed by atoms with Gasteiger partial charge in [0.1, 0.15) is 6.61 Å². The Morgan fingerprint density at radius 3 is 2.43 bits per heavy atom. The molecule has 0 atom stereocenters. The molecule has 0 saturated carbocycles. The van der Waals surface area contributed by atoms with Crippen LogP contribution >= 0.6 is 0 Å². The van der Waals surface area contributed by atoms with E-state index in [9.17, 15) is 18.3 Å². The number of hydrogen-bond donors (Lipinski definition) is 2. The van der Waals surface area contributed by atoms with Crippen molar-refractivity contribution in [2.24, 2.45) is 0 Å². The predicted octanol–water partition coefficient (Wildman–Crippen LogP) is 2.83. The molecule has 0 heterocycles. The standard InChI is InChI=1S/C19H21NO7S/c1-25-9-10-27-18-13-16(15(19(21)22)12-17(18)26-2)20-28(23,24)11-8-14-6-4-3-5-7-14/h3-8,11-13,20H,9-10H2,1-2H3,(H,21,22)/b11-8-. The summed E-state index contributed by atoms with van der Waals surface area (Å²) in [4.78, 5) is 11.6. The molecule has 0 fully saturated rings. The van der Waals surface area contributed by atoms with Crippen LogP contribution in [0.1, 0.15) is 15.9 Å². The average molecular weight is 407 g/mol. The number of anilines is 1. The number of carboxylic acid groups (broad SMARTS) is 1. The number of methoxy groups -OCH3 is 2. The fraction of sp³-hybridized carbons (Fsp3) is 0.211. The summed E-state index contributed by atoms with van der Waals surface area (Å²) in [5.41, 5.74) is 0.274. The third-order valence-corrected chi connectivity index (χ3v) is 4.57. The maximum atomic E-state index is 12.4. The number of hydrogen-bond acceptors (Lipinski definition) is 6. The van der Waals surface area contributed by atoms with Crippen molar-refractivity contribution in [3.8, 4) is 11.5 Å². The molecule has 9 heteroatoms. The first-order valence-electron chi connectivity index (χ1n) is 8.19. The molecule has 0 bridgehead atoms. The van der Waals surface area contributed by atoms with Crippen LogP contribution in [0.3, 0.4) is 0 Å². The zero-order valence-corrected chi connectivity index (χ0v) is 16.2. The van der Waals surface area contributed by atoms with Crippen LogP contribution in [0.4, 0.5) is 5.69 Å². The topological polar surface area (TPSA) is 111 Å². The molecule has 0 amide bonds. The van der Waals surface area contributed by atoms with Crippen molar-refractivity contribution in [1.82, 2.24) is 0 Å². The van der Waals surface area contributed by atoms with Crippen molar-refractivity contribution >= 4 is 27.8 Å². The second-order valence-electron chi connectivity index (χ2n) is 5.56. The van der Waals surface area contributed by atoms with Crippen molar-refractivity contribution in [3.05, 3.63) is 59.0 Å². The number of carbonyl (C=O) groups is 1. The summed E-state index contributed by atoms with van der Waals surface area (Å²) >= 11 is 0. The zero-order chi connectivity index (χ0) is 20.6.